The number of carbonyl (C=O) groups is 1. The van der Waals surface area contributed by atoms with Gasteiger partial charge >= 0.3 is 0 Å². The number of amides is 1. The molecular weight excluding hydrogens is 358 g/mol. The van der Waals surface area contributed by atoms with E-state index in [4.69, 9.17) is 0 Å². The smallest absolute Gasteiger partial charge is 0.255 e. The fourth-order valence-electron chi connectivity index (χ4n) is 4.00. The summed E-state index contributed by atoms with van der Waals surface area (Å²) in [6, 6.07) is 24.4. The molecule has 29 heavy (non-hydrogen) atoms. The Kier molecular flexibility index (Phi) is 6.20. The minimum Gasteiger partial charge on any atom is -0.356 e. The molecule has 1 aliphatic rings. The number of nitrogens with zero attached hydrogens (tertiary/aromatic N) is 2. The molecule has 0 unspecified atom stereocenters. The van der Waals surface area contributed by atoms with E-state index in [0.29, 0.717) is 18.0 Å². The molecule has 1 aliphatic heterocycles. The van der Waals surface area contributed by atoms with Crippen molar-refractivity contribution in [1.29, 1.82) is 0 Å². The Bertz CT molecular complexity index is 919. The van der Waals surface area contributed by atoms with E-state index in [0.717, 1.165) is 43.7 Å². The van der Waals surface area contributed by atoms with Crippen LogP contribution in [0.4, 0.5) is 5.82 Å². The van der Waals surface area contributed by atoms with Gasteiger partial charge in [-0.05, 0) is 48.4 Å². The van der Waals surface area contributed by atoms with Crippen LogP contribution >= 0.6 is 0 Å². The number of pyridine rings is 1. The predicted octanol–water partition coefficient (Wildman–Crippen LogP) is 4.47. The second-order valence-electron chi connectivity index (χ2n) is 7.66. The zero-order chi connectivity index (χ0) is 19.9. The molecule has 4 nitrogen and oxygen atoms in total. The Morgan fingerprint density at radius 3 is 2.24 bits per heavy atom. The van der Waals surface area contributed by atoms with Crippen LogP contribution in [0.3, 0.4) is 0 Å². The Labute approximate surface area is 172 Å². The SMILES string of the molecule is O=C(NCc1ccccc1)c1cccnc1N1CCC(Cc2ccccc2)CC1. The van der Waals surface area contributed by atoms with Gasteiger partial charge in [-0.3, -0.25) is 4.79 Å². The maximum absolute atomic E-state index is 12.8. The number of rotatable bonds is 6. The van der Waals surface area contributed by atoms with Gasteiger partial charge in [-0.1, -0.05) is 60.7 Å². The lowest BCUT2D eigenvalue weighted by atomic mass is 9.90. The monoisotopic (exact) mass is 385 g/mol. The van der Waals surface area contributed by atoms with Crippen LogP contribution in [0.25, 0.3) is 0 Å². The van der Waals surface area contributed by atoms with Crippen molar-refractivity contribution < 1.29 is 4.79 Å². The second-order valence-corrected chi connectivity index (χ2v) is 7.66. The van der Waals surface area contributed by atoms with E-state index in [-0.39, 0.29) is 5.91 Å². The van der Waals surface area contributed by atoms with Crippen LogP contribution in [0.15, 0.2) is 79.0 Å². The first kappa shape index (κ1) is 19.2. The summed E-state index contributed by atoms with van der Waals surface area (Å²) in [5, 5.41) is 3.03. The summed E-state index contributed by atoms with van der Waals surface area (Å²) in [5.74, 6) is 1.42. The highest BCUT2D eigenvalue weighted by molar-refractivity contribution is 5.98. The third-order valence-electron chi connectivity index (χ3n) is 5.61. The van der Waals surface area contributed by atoms with Gasteiger partial charge in [0.05, 0.1) is 5.56 Å². The topological polar surface area (TPSA) is 45.2 Å². The largest absolute Gasteiger partial charge is 0.356 e. The Morgan fingerprint density at radius 2 is 1.55 bits per heavy atom. The van der Waals surface area contributed by atoms with Gasteiger partial charge in [-0.25, -0.2) is 4.98 Å². The van der Waals surface area contributed by atoms with E-state index in [1.807, 2.05) is 42.5 Å². The molecule has 1 amide bonds. The first-order valence-corrected chi connectivity index (χ1v) is 10.4. The van der Waals surface area contributed by atoms with Crippen LogP contribution in [-0.2, 0) is 13.0 Å². The second kappa shape index (κ2) is 9.37. The molecule has 1 fully saturated rings. The minimum atomic E-state index is -0.0663. The number of hydrogen-bond acceptors (Lipinski definition) is 3. The van der Waals surface area contributed by atoms with Gasteiger partial charge in [-0.15, -0.1) is 0 Å². The molecule has 1 aromatic heterocycles. The van der Waals surface area contributed by atoms with Gasteiger partial charge in [0.15, 0.2) is 0 Å². The molecule has 0 bridgehead atoms. The fourth-order valence-corrected chi connectivity index (χ4v) is 4.00. The number of benzene rings is 2. The van der Waals surface area contributed by atoms with Crippen molar-refractivity contribution >= 4 is 11.7 Å². The highest BCUT2D eigenvalue weighted by atomic mass is 16.1. The van der Waals surface area contributed by atoms with Gasteiger partial charge in [0, 0.05) is 25.8 Å². The summed E-state index contributed by atoms with van der Waals surface area (Å²) in [6.07, 6.45) is 5.15. The zero-order valence-electron chi connectivity index (χ0n) is 16.6. The quantitative estimate of drug-likeness (QED) is 0.681. The van der Waals surface area contributed by atoms with Crippen molar-refractivity contribution in [1.82, 2.24) is 10.3 Å². The third-order valence-corrected chi connectivity index (χ3v) is 5.61. The summed E-state index contributed by atoms with van der Waals surface area (Å²) in [5.41, 5.74) is 3.16. The molecule has 0 atom stereocenters. The molecule has 2 aromatic carbocycles. The molecule has 2 heterocycles. The van der Waals surface area contributed by atoms with Crippen molar-refractivity contribution in [3.8, 4) is 0 Å². The number of piperidine rings is 1. The third kappa shape index (κ3) is 5.02. The predicted molar refractivity (Wildman–Crippen MR) is 117 cm³/mol. The molecular formula is C25H27N3O. The molecule has 4 heteroatoms. The Morgan fingerprint density at radius 1 is 0.897 bits per heavy atom. The van der Waals surface area contributed by atoms with E-state index in [1.165, 1.54) is 5.56 Å². The summed E-state index contributed by atoms with van der Waals surface area (Å²) in [6.45, 7) is 2.40. The molecule has 1 N–H and O–H groups in total. The van der Waals surface area contributed by atoms with Crippen LogP contribution in [-0.4, -0.2) is 24.0 Å². The van der Waals surface area contributed by atoms with E-state index >= 15 is 0 Å². The van der Waals surface area contributed by atoms with Crippen LogP contribution in [0.1, 0.15) is 34.3 Å². The molecule has 0 saturated carbocycles. The molecule has 0 aliphatic carbocycles. The number of aromatic nitrogens is 1. The molecule has 3 aromatic rings. The number of nitrogens with one attached hydrogen (secondary N) is 1. The van der Waals surface area contributed by atoms with Gasteiger partial charge in [0.1, 0.15) is 5.82 Å². The summed E-state index contributed by atoms with van der Waals surface area (Å²) >= 11 is 0. The average Bonchev–Trinajstić information content (AvgIpc) is 2.79. The van der Waals surface area contributed by atoms with E-state index in [2.05, 4.69) is 45.5 Å². The standard InChI is InChI=1S/C25H27N3O/c29-25(27-19-22-10-5-2-6-11-22)23-12-7-15-26-24(23)28-16-13-21(14-17-28)18-20-8-3-1-4-9-20/h1-12,15,21H,13-14,16-19H2,(H,27,29). The van der Waals surface area contributed by atoms with Crippen LogP contribution in [0, 0.1) is 5.92 Å². The number of carbonyl (C=O) groups excluding carboxylic acids is 1. The van der Waals surface area contributed by atoms with Crippen molar-refractivity contribution in [2.24, 2.45) is 5.92 Å². The average molecular weight is 386 g/mol. The van der Waals surface area contributed by atoms with Gasteiger partial charge < -0.3 is 10.2 Å². The summed E-state index contributed by atoms with van der Waals surface area (Å²) < 4.78 is 0. The number of anilines is 1. The molecule has 0 spiro atoms. The lowest BCUT2D eigenvalue weighted by Crippen LogP contribution is -2.36. The lowest BCUT2D eigenvalue weighted by Gasteiger charge is -2.33. The summed E-state index contributed by atoms with van der Waals surface area (Å²) in [4.78, 5) is 19.6. The van der Waals surface area contributed by atoms with E-state index in [9.17, 15) is 4.79 Å². The van der Waals surface area contributed by atoms with Crippen molar-refractivity contribution in [3.63, 3.8) is 0 Å². The number of hydrogen-bond donors (Lipinski definition) is 1. The maximum atomic E-state index is 12.8. The normalized spacial score (nSPS) is 14.6. The fraction of sp³-hybridized carbons (Fsp3) is 0.280. The zero-order valence-corrected chi connectivity index (χ0v) is 16.6. The highest BCUT2D eigenvalue weighted by Gasteiger charge is 2.24. The van der Waals surface area contributed by atoms with Crippen LogP contribution in [0.2, 0.25) is 0 Å². The Hall–Kier alpha value is -3.14. The van der Waals surface area contributed by atoms with Crippen LogP contribution in [0.5, 0.6) is 0 Å². The molecule has 0 radical (unpaired) electrons. The van der Waals surface area contributed by atoms with Crippen molar-refractivity contribution in [2.45, 2.75) is 25.8 Å². The molecule has 1 saturated heterocycles. The summed E-state index contributed by atoms with van der Waals surface area (Å²) in [7, 11) is 0. The Balaban J connectivity index is 1.37. The van der Waals surface area contributed by atoms with Crippen LogP contribution < -0.4 is 10.2 Å². The van der Waals surface area contributed by atoms with E-state index in [1.54, 1.807) is 6.20 Å². The minimum absolute atomic E-state index is 0.0663. The van der Waals surface area contributed by atoms with E-state index < -0.39 is 0 Å². The van der Waals surface area contributed by atoms with Gasteiger partial charge in [-0.2, -0.15) is 0 Å². The molecule has 148 valence electrons. The lowest BCUT2D eigenvalue weighted by molar-refractivity contribution is 0.0951. The first-order valence-electron chi connectivity index (χ1n) is 10.4. The van der Waals surface area contributed by atoms with Gasteiger partial charge in [0.25, 0.3) is 5.91 Å². The highest BCUT2D eigenvalue weighted by Crippen LogP contribution is 2.26. The maximum Gasteiger partial charge on any atom is 0.255 e. The van der Waals surface area contributed by atoms with Crippen molar-refractivity contribution in [2.75, 3.05) is 18.0 Å². The first-order chi connectivity index (χ1) is 14.3. The van der Waals surface area contributed by atoms with Crippen molar-refractivity contribution in [3.05, 3.63) is 95.7 Å². The van der Waals surface area contributed by atoms with Gasteiger partial charge in [0.2, 0.25) is 0 Å². The molecule has 4 rings (SSSR count).